The van der Waals surface area contributed by atoms with Crippen molar-refractivity contribution in [3.05, 3.63) is 110 Å². The molecule has 0 atom stereocenters. The van der Waals surface area contributed by atoms with Crippen LogP contribution < -0.4 is 4.74 Å². The number of hydrogen-bond donors (Lipinski definition) is 0. The Morgan fingerprint density at radius 1 is 1.03 bits per heavy atom. The fraction of sp³-hybridized carbons (Fsp3) is 0.120. The van der Waals surface area contributed by atoms with Crippen LogP contribution in [0.4, 0.5) is 5.69 Å². The van der Waals surface area contributed by atoms with E-state index >= 15 is 0 Å². The van der Waals surface area contributed by atoms with Gasteiger partial charge in [0.1, 0.15) is 12.4 Å². The van der Waals surface area contributed by atoms with E-state index in [2.05, 4.69) is 4.99 Å². The molecule has 1 aliphatic rings. The van der Waals surface area contributed by atoms with Crippen molar-refractivity contribution in [3.63, 3.8) is 0 Å². The normalized spacial score (nSPS) is 14.2. The van der Waals surface area contributed by atoms with Crippen LogP contribution in [0.3, 0.4) is 0 Å². The van der Waals surface area contributed by atoms with Crippen molar-refractivity contribution in [1.82, 2.24) is 0 Å². The second-order valence-corrected chi connectivity index (χ2v) is 7.38. The van der Waals surface area contributed by atoms with E-state index in [1.54, 1.807) is 19.1 Å². The second kappa shape index (κ2) is 8.85. The number of ether oxygens (including phenoxy) is 2. The largest absolute Gasteiger partial charge is 0.489 e. The number of hydrogen-bond acceptors (Lipinski definition) is 6. The number of carbonyl (C=O) groups excluding carboxylic acids is 1. The van der Waals surface area contributed by atoms with Crippen LogP contribution in [-0.4, -0.2) is 16.8 Å². The number of aryl methyl sites for hydroxylation is 2. The number of nitro groups is 1. The molecule has 7 nitrogen and oxygen atoms in total. The molecule has 1 aliphatic heterocycles. The molecule has 0 fully saturated rings. The predicted octanol–water partition coefficient (Wildman–Crippen LogP) is 5.14. The Kier molecular flexibility index (Phi) is 5.81. The third-order valence-electron chi connectivity index (χ3n) is 5.10. The lowest BCUT2D eigenvalue weighted by Crippen LogP contribution is -2.06. The Hall–Kier alpha value is -4.26. The Morgan fingerprint density at radius 3 is 2.47 bits per heavy atom. The van der Waals surface area contributed by atoms with Crippen molar-refractivity contribution in [1.29, 1.82) is 0 Å². The molecule has 3 aromatic carbocycles. The van der Waals surface area contributed by atoms with Crippen LogP contribution in [-0.2, 0) is 16.1 Å². The van der Waals surface area contributed by atoms with Crippen LogP contribution >= 0.6 is 0 Å². The molecule has 0 aromatic heterocycles. The summed E-state index contributed by atoms with van der Waals surface area (Å²) < 4.78 is 11.1. The fourth-order valence-electron chi connectivity index (χ4n) is 3.28. The van der Waals surface area contributed by atoms with Crippen LogP contribution in [0.1, 0.15) is 27.8 Å². The highest BCUT2D eigenvalue weighted by Gasteiger charge is 2.25. The fourth-order valence-corrected chi connectivity index (χ4v) is 3.28. The molecule has 0 amide bonds. The summed E-state index contributed by atoms with van der Waals surface area (Å²) in [5.74, 6) is 0.267. The highest BCUT2D eigenvalue weighted by Crippen LogP contribution is 2.24. The number of rotatable bonds is 6. The molecule has 0 saturated heterocycles. The lowest BCUT2D eigenvalue weighted by molar-refractivity contribution is -0.385. The topological polar surface area (TPSA) is 91.0 Å². The maximum absolute atomic E-state index is 12.2. The zero-order valence-electron chi connectivity index (χ0n) is 17.6. The Labute approximate surface area is 184 Å². The van der Waals surface area contributed by atoms with Crippen LogP contribution in [0.2, 0.25) is 0 Å². The van der Waals surface area contributed by atoms with Crippen LogP contribution in [0, 0.1) is 24.0 Å². The Morgan fingerprint density at radius 2 is 1.78 bits per heavy atom. The average Bonchev–Trinajstić information content (AvgIpc) is 3.14. The summed E-state index contributed by atoms with van der Waals surface area (Å²) in [5.41, 5.74) is 4.19. The molecule has 4 rings (SSSR count). The molecule has 0 N–H and O–H groups in total. The molecular weight excluding hydrogens is 408 g/mol. The number of esters is 1. The molecular formula is C25H20N2O5. The lowest BCUT2D eigenvalue weighted by Gasteiger charge is -2.08. The van der Waals surface area contributed by atoms with E-state index in [0.29, 0.717) is 17.7 Å². The molecule has 0 saturated carbocycles. The van der Waals surface area contributed by atoms with Gasteiger partial charge < -0.3 is 9.47 Å². The molecule has 7 heteroatoms. The van der Waals surface area contributed by atoms with Crippen molar-refractivity contribution < 1.29 is 19.2 Å². The van der Waals surface area contributed by atoms with Gasteiger partial charge in [0, 0.05) is 17.2 Å². The molecule has 0 aliphatic carbocycles. The lowest BCUT2D eigenvalue weighted by atomic mass is 10.1. The first-order valence-corrected chi connectivity index (χ1v) is 9.96. The SMILES string of the molecule is Cc1ccccc1COc1ccc(/C=C2\N=C(c3ccc([N+](=O)[O-])c(C)c3)OC2=O)cc1. The van der Waals surface area contributed by atoms with Gasteiger partial charge in [0.25, 0.3) is 5.69 Å². The summed E-state index contributed by atoms with van der Waals surface area (Å²) >= 11 is 0. The van der Waals surface area contributed by atoms with E-state index in [9.17, 15) is 14.9 Å². The molecule has 0 bridgehead atoms. The second-order valence-electron chi connectivity index (χ2n) is 7.38. The molecule has 0 unspecified atom stereocenters. The van der Waals surface area contributed by atoms with Crippen molar-refractivity contribution >= 4 is 23.6 Å². The summed E-state index contributed by atoms with van der Waals surface area (Å²) in [7, 11) is 0. The van der Waals surface area contributed by atoms with E-state index in [4.69, 9.17) is 9.47 Å². The summed E-state index contributed by atoms with van der Waals surface area (Å²) in [6.45, 7) is 4.14. The standard InChI is InChI=1S/C25H20N2O5/c1-16-5-3-4-6-20(16)15-31-21-10-7-18(8-11-21)14-22-25(28)32-24(26-22)19-9-12-23(27(29)30)17(2)13-19/h3-14H,15H2,1-2H3/b22-14-. The monoisotopic (exact) mass is 428 g/mol. The molecule has 32 heavy (non-hydrogen) atoms. The van der Waals surface area contributed by atoms with E-state index in [1.165, 1.54) is 17.7 Å². The van der Waals surface area contributed by atoms with Gasteiger partial charge in [-0.15, -0.1) is 0 Å². The van der Waals surface area contributed by atoms with Crippen LogP contribution in [0.15, 0.2) is 77.4 Å². The van der Waals surface area contributed by atoms with Gasteiger partial charge in [-0.25, -0.2) is 9.79 Å². The number of nitrogens with zero attached hydrogens (tertiary/aromatic N) is 2. The van der Waals surface area contributed by atoms with Gasteiger partial charge in [-0.05, 0) is 60.9 Å². The summed E-state index contributed by atoms with van der Waals surface area (Å²) in [6, 6.07) is 19.8. The average molecular weight is 428 g/mol. The maximum atomic E-state index is 12.2. The molecule has 1 heterocycles. The Balaban J connectivity index is 1.48. The van der Waals surface area contributed by atoms with Gasteiger partial charge in [-0.1, -0.05) is 36.4 Å². The highest BCUT2D eigenvalue weighted by atomic mass is 16.6. The zero-order valence-corrected chi connectivity index (χ0v) is 17.6. The molecule has 0 radical (unpaired) electrons. The van der Waals surface area contributed by atoms with Gasteiger partial charge in [0.2, 0.25) is 5.90 Å². The van der Waals surface area contributed by atoms with E-state index in [-0.39, 0.29) is 17.3 Å². The minimum absolute atomic E-state index is 0.000766. The van der Waals surface area contributed by atoms with Gasteiger partial charge in [-0.2, -0.15) is 0 Å². The summed E-state index contributed by atoms with van der Waals surface area (Å²) in [6.07, 6.45) is 1.62. The Bertz CT molecular complexity index is 1260. The molecule has 160 valence electrons. The first-order chi connectivity index (χ1) is 15.4. The highest BCUT2D eigenvalue weighted by molar-refractivity contribution is 6.13. The van der Waals surface area contributed by atoms with Crippen molar-refractivity contribution in [2.24, 2.45) is 4.99 Å². The number of aliphatic imine (C=N–C) groups is 1. The first-order valence-electron chi connectivity index (χ1n) is 9.96. The summed E-state index contributed by atoms with van der Waals surface area (Å²) in [4.78, 5) is 27.0. The smallest absolute Gasteiger partial charge is 0.363 e. The van der Waals surface area contributed by atoms with E-state index < -0.39 is 10.9 Å². The minimum Gasteiger partial charge on any atom is -0.489 e. The zero-order chi connectivity index (χ0) is 22.7. The van der Waals surface area contributed by atoms with Crippen molar-refractivity contribution in [2.75, 3.05) is 0 Å². The number of benzene rings is 3. The van der Waals surface area contributed by atoms with E-state index in [0.717, 1.165) is 16.9 Å². The number of nitro benzene ring substituents is 1. The maximum Gasteiger partial charge on any atom is 0.363 e. The van der Waals surface area contributed by atoms with Crippen molar-refractivity contribution in [2.45, 2.75) is 20.5 Å². The molecule has 0 spiro atoms. The number of cyclic esters (lactones) is 1. The van der Waals surface area contributed by atoms with Gasteiger partial charge in [0.15, 0.2) is 5.70 Å². The third-order valence-corrected chi connectivity index (χ3v) is 5.10. The van der Waals surface area contributed by atoms with Gasteiger partial charge in [-0.3, -0.25) is 10.1 Å². The summed E-state index contributed by atoms with van der Waals surface area (Å²) in [5, 5.41) is 11.0. The molecule has 3 aromatic rings. The van der Waals surface area contributed by atoms with Crippen molar-refractivity contribution in [3.8, 4) is 5.75 Å². The predicted molar refractivity (Wildman–Crippen MR) is 120 cm³/mol. The number of carbonyl (C=O) groups is 1. The first kappa shape index (κ1) is 21.0. The van der Waals surface area contributed by atoms with E-state index in [1.807, 2.05) is 55.5 Å². The van der Waals surface area contributed by atoms with Crippen LogP contribution in [0.25, 0.3) is 6.08 Å². The third kappa shape index (κ3) is 4.57. The van der Waals surface area contributed by atoms with Crippen LogP contribution in [0.5, 0.6) is 5.75 Å². The van der Waals surface area contributed by atoms with Gasteiger partial charge in [0.05, 0.1) is 4.92 Å². The van der Waals surface area contributed by atoms with Gasteiger partial charge >= 0.3 is 5.97 Å². The minimum atomic E-state index is -0.573. The quantitative estimate of drug-likeness (QED) is 0.235.